The van der Waals surface area contributed by atoms with Crippen molar-refractivity contribution in [3.05, 3.63) is 29.8 Å². The number of hydrogen-bond acceptors (Lipinski definition) is 3. The van der Waals surface area contributed by atoms with E-state index in [2.05, 4.69) is 12.2 Å². The van der Waals surface area contributed by atoms with E-state index < -0.39 is 11.6 Å². The van der Waals surface area contributed by atoms with Crippen molar-refractivity contribution in [3.63, 3.8) is 0 Å². The van der Waals surface area contributed by atoms with Crippen molar-refractivity contribution in [1.82, 2.24) is 5.32 Å². The van der Waals surface area contributed by atoms with Crippen molar-refractivity contribution >= 4 is 0 Å². The third-order valence-corrected chi connectivity index (χ3v) is 3.24. The molecule has 1 N–H and O–H groups in total. The third kappa shape index (κ3) is 4.14. The lowest BCUT2D eigenvalue weighted by Gasteiger charge is -2.20. The van der Waals surface area contributed by atoms with Crippen LogP contribution in [-0.4, -0.2) is 31.9 Å². The average molecular weight is 271 g/mol. The van der Waals surface area contributed by atoms with E-state index in [1.165, 1.54) is 0 Å². The highest BCUT2D eigenvalue weighted by Crippen LogP contribution is 2.18. The molecule has 1 heterocycles. The molecule has 0 spiro atoms. The molecule has 5 heteroatoms. The molecule has 1 aromatic carbocycles. The quantitative estimate of drug-likeness (QED) is 0.806. The summed E-state index contributed by atoms with van der Waals surface area (Å²) in [6.45, 7) is 3.73. The smallest absolute Gasteiger partial charge is 0.165 e. The second kappa shape index (κ2) is 6.82. The molecule has 2 unspecified atom stereocenters. The molecule has 0 aromatic heterocycles. The molecule has 1 aliphatic heterocycles. The van der Waals surface area contributed by atoms with Gasteiger partial charge in [0.05, 0.1) is 6.10 Å². The van der Waals surface area contributed by atoms with Crippen LogP contribution in [0.1, 0.15) is 19.8 Å². The lowest BCUT2D eigenvalue weighted by molar-refractivity contribution is 0.0824. The number of ether oxygens (including phenoxy) is 2. The first-order valence-electron chi connectivity index (χ1n) is 6.59. The fraction of sp³-hybridized carbons (Fsp3) is 0.571. The minimum Gasteiger partial charge on any atom is -0.489 e. The Hall–Kier alpha value is -1.20. The van der Waals surface area contributed by atoms with Crippen LogP contribution in [0.2, 0.25) is 0 Å². The van der Waals surface area contributed by atoms with Gasteiger partial charge in [0, 0.05) is 25.3 Å². The van der Waals surface area contributed by atoms with Gasteiger partial charge < -0.3 is 14.8 Å². The normalized spacial score (nSPS) is 20.5. The van der Waals surface area contributed by atoms with Crippen LogP contribution in [0.25, 0.3) is 0 Å². The van der Waals surface area contributed by atoms with Crippen LogP contribution in [0.15, 0.2) is 18.2 Å². The first kappa shape index (κ1) is 14.2. The van der Waals surface area contributed by atoms with E-state index in [1.807, 2.05) is 0 Å². The van der Waals surface area contributed by atoms with Crippen molar-refractivity contribution in [3.8, 4) is 5.75 Å². The maximum absolute atomic E-state index is 13.3. The van der Waals surface area contributed by atoms with Gasteiger partial charge in [-0.1, -0.05) is 0 Å². The SMILES string of the molecule is CC(NCCOc1cc(F)ccc1F)C1CCCO1. The second-order valence-electron chi connectivity index (χ2n) is 4.72. The molecule has 1 aliphatic rings. The largest absolute Gasteiger partial charge is 0.489 e. The Kier molecular flexibility index (Phi) is 5.10. The minimum absolute atomic E-state index is 0.0495. The van der Waals surface area contributed by atoms with Gasteiger partial charge in [-0.15, -0.1) is 0 Å². The Morgan fingerprint density at radius 3 is 3.05 bits per heavy atom. The molecule has 1 aromatic rings. The van der Waals surface area contributed by atoms with Crippen LogP contribution in [0.3, 0.4) is 0 Å². The lowest BCUT2D eigenvalue weighted by Crippen LogP contribution is -2.39. The molecule has 0 amide bonds. The van der Waals surface area contributed by atoms with Gasteiger partial charge in [0.2, 0.25) is 0 Å². The van der Waals surface area contributed by atoms with Crippen LogP contribution in [0, 0.1) is 11.6 Å². The van der Waals surface area contributed by atoms with E-state index in [0.717, 1.165) is 37.6 Å². The van der Waals surface area contributed by atoms with E-state index in [4.69, 9.17) is 9.47 Å². The molecule has 3 nitrogen and oxygen atoms in total. The summed E-state index contributed by atoms with van der Waals surface area (Å²) in [5, 5.41) is 3.26. The molecule has 106 valence electrons. The summed E-state index contributed by atoms with van der Waals surface area (Å²) in [5.74, 6) is -1.10. The van der Waals surface area contributed by atoms with Crippen molar-refractivity contribution in [2.75, 3.05) is 19.8 Å². The fourth-order valence-electron chi connectivity index (χ4n) is 2.16. The van der Waals surface area contributed by atoms with Crippen LogP contribution in [0.5, 0.6) is 5.75 Å². The number of hydrogen-bond donors (Lipinski definition) is 1. The summed E-state index contributed by atoms with van der Waals surface area (Å²) >= 11 is 0. The summed E-state index contributed by atoms with van der Waals surface area (Å²) in [7, 11) is 0. The van der Waals surface area contributed by atoms with E-state index >= 15 is 0 Å². The zero-order chi connectivity index (χ0) is 13.7. The Labute approximate surface area is 111 Å². The van der Waals surface area contributed by atoms with Crippen molar-refractivity contribution in [2.24, 2.45) is 0 Å². The van der Waals surface area contributed by atoms with Gasteiger partial charge in [-0.05, 0) is 31.9 Å². The Morgan fingerprint density at radius 1 is 1.47 bits per heavy atom. The van der Waals surface area contributed by atoms with Crippen LogP contribution >= 0.6 is 0 Å². The zero-order valence-corrected chi connectivity index (χ0v) is 11.0. The predicted molar refractivity (Wildman–Crippen MR) is 68.3 cm³/mol. The fourth-order valence-corrected chi connectivity index (χ4v) is 2.16. The van der Waals surface area contributed by atoms with Gasteiger partial charge in [-0.2, -0.15) is 0 Å². The predicted octanol–water partition coefficient (Wildman–Crippen LogP) is 2.50. The average Bonchev–Trinajstić information content (AvgIpc) is 2.92. The molecule has 2 rings (SSSR count). The van der Waals surface area contributed by atoms with Crippen molar-refractivity contribution in [1.29, 1.82) is 0 Å². The van der Waals surface area contributed by atoms with E-state index in [1.54, 1.807) is 0 Å². The number of benzene rings is 1. The third-order valence-electron chi connectivity index (χ3n) is 3.24. The van der Waals surface area contributed by atoms with E-state index in [0.29, 0.717) is 6.54 Å². The standard InChI is InChI=1S/C14H19F2NO2/c1-10(13-3-2-7-18-13)17-6-8-19-14-9-11(15)4-5-12(14)16/h4-5,9-10,13,17H,2-3,6-8H2,1H3. The second-order valence-corrected chi connectivity index (χ2v) is 4.72. The molecule has 0 aliphatic carbocycles. The van der Waals surface area contributed by atoms with Crippen molar-refractivity contribution < 1.29 is 18.3 Å². The maximum Gasteiger partial charge on any atom is 0.165 e. The molecule has 2 atom stereocenters. The Bertz CT molecular complexity index is 408. The highest BCUT2D eigenvalue weighted by Gasteiger charge is 2.21. The summed E-state index contributed by atoms with van der Waals surface area (Å²) < 4.78 is 36.9. The molecule has 1 saturated heterocycles. The summed E-state index contributed by atoms with van der Waals surface area (Å²) in [6, 6.07) is 3.43. The summed E-state index contributed by atoms with van der Waals surface area (Å²) in [4.78, 5) is 0. The molecule has 1 fully saturated rings. The summed E-state index contributed by atoms with van der Waals surface area (Å²) in [5.41, 5.74) is 0. The molecule has 0 bridgehead atoms. The zero-order valence-electron chi connectivity index (χ0n) is 11.0. The van der Waals surface area contributed by atoms with Gasteiger partial charge in [0.25, 0.3) is 0 Å². The van der Waals surface area contributed by atoms with Crippen LogP contribution < -0.4 is 10.1 Å². The van der Waals surface area contributed by atoms with Crippen molar-refractivity contribution in [2.45, 2.75) is 31.9 Å². The molecule has 0 saturated carbocycles. The minimum atomic E-state index is -0.548. The number of nitrogens with one attached hydrogen (secondary N) is 1. The van der Waals surface area contributed by atoms with Gasteiger partial charge in [-0.3, -0.25) is 0 Å². The van der Waals surface area contributed by atoms with Gasteiger partial charge in [0.15, 0.2) is 11.6 Å². The number of rotatable bonds is 6. The highest BCUT2D eigenvalue weighted by molar-refractivity contribution is 5.24. The monoisotopic (exact) mass is 271 g/mol. The van der Waals surface area contributed by atoms with Gasteiger partial charge in [-0.25, -0.2) is 8.78 Å². The number of halogens is 2. The van der Waals surface area contributed by atoms with Crippen LogP contribution in [-0.2, 0) is 4.74 Å². The van der Waals surface area contributed by atoms with E-state index in [9.17, 15) is 8.78 Å². The van der Waals surface area contributed by atoms with Gasteiger partial charge in [0.1, 0.15) is 12.4 Å². The Balaban J connectivity index is 1.70. The molecule has 0 radical (unpaired) electrons. The molecular weight excluding hydrogens is 252 g/mol. The lowest BCUT2D eigenvalue weighted by atomic mass is 10.1. The first-order valence-corrected chi connectivity index (χ1v) is 6.59. The highest BCUT2D eigenvalue weighted by atomic mass is 19.1. The molecular formula is C14H19F2NO2. The van der Waals surface area contributed by atoms with E-state index in [-0.39, 0.29) is 24.5 Å². The van der Waals surface area contributed by atoms with Crippen LogP contribution in [0.4, 0.5) is 8.78 Å². The molecule has 19 heavy (non-hydrogen) atoms. The van der Waals surface area contributed by atoms with Gasteiger partial charge >= 0.3 is 0 Å². The maximum atomic E-state index is 13.3. The first-order chi connectivity index (χ1) is 9.16. The Morgan fingerprint density at radius 2 is 2.32 bits per heavy atom. The summed E-state index contributed by atoms with van der Waals surface area (Å²) in [6.07, 6.45) is 2.40. The topological polar surface area (TPSA) is 30.5 Å².